The van der Waals surface area contributed by atoms with Gasteiger partial charge in [0.15, 0.2) is 0 Å². The van der Waals surface area contributed by atoms with Gasteiger partial charge in [0.05, 0.1) is 5.69 Å². The van der Waals surface area contributed by atoms with Gasteiger partial charge in [-0.25, -0.2) is 0 Å². The van der Waals surface area contributed by atoms with Gasteiger partial charge >= 0.3 is 0 Å². The Balaban J connectivity index is 2.38. The van der Waals surface area contributed by atoms with Crippen LogP contribution in [0.1, 0.15) is 40.5 Å². The molecule has 0 aromatic heterocycles. The van der Waals surface area contributed by atoms with E-state index in [0.717, 1.165) is 11.4 Å². The molecule has 0 aliphatic carbocycles. The van der Waals surface area contributed by atoms with Crippen LogP contribution >= 0.6 is 7.37 Å². The molecule has 4 heteroatoms. The summed E-state index contributed by atoms with van der Waals surface area (Å²) in [6, 6.07) is 9.78. The first-order valence-electron chi connectivity index (χ1n) is 6.60. The number of hydrogen-bond acceptors (Lipinski definition) is 2. The molecule has 0 unspecified atom stereocenters. The molecule has 0 atom stereocenters. The molecule has 1 aliphatic rings. The van der Waals surface area contributed by atoms with Crippen LogP contribution in [-0.4, -0.2) is 20.9 Å². The summed E-state index contributed by atoms with van der Waals surface area (Å²) < 4.78 is 12.6. The lowest BCUT2D eigenvalue weighted by molar-refractivity contribution is 0.391. The molecule has 1 aliphatic heterocycles. The first-order chi connectivity index (χ1) is 8.66. The van der Waals surface area contributed by atoms with Crippen molar-refractivity contribution in [2.24, 2.45) is 4.99 Å². The fraction of sp³-hybridized carbons (Fsp3) is 0.533. The normalized spacial score (nSPS) is 29.0. The van der Waals surface area contributed by atoms with Gasteiger partial charge in [-0.2, -0.15) is 0 Å². The van der Waals surface area contributed by atoms with E-state index >= 15 is 0 Å². The molecule has 1 saturated heterocycles. The Morgan fingerprint density at radius 3 is 2.00 bits per heavy atom. The van der Waals surface area contributed by atoms with Gasteiger partial charge in [-0.1, -0.05) is 45.9 Å². The van der Waals surface area contributed by atoms with E-state index in [1.165, 1.54) is 0 Å². The molecule has 1 aromatic carbocycles. The van der Waals surface area contributed by atoms with Crippen LogP contribution in [0, 0.1) is 0 Å². The molecular weight excluding hydrogens is 257 g/mol. The fourth-order valence-electron chi connectivity index (χ4n) is 2.86. The minimum absolute atomic E-state index is 0.582. The van der Waals surface area contributed by atoms with Crippen molar-refractivity contribution in [3.05, 3.63) is 30.3 Å². The summed E-state index contributed by atoms with van der Waals surface area (Å²) in [7, 11) is -3.22. The average molecular weight is 279 g/mol. The summed E-state index contributed by atoms with van der Waals surface area (Å²) in [6.07, 6.45) is 1.16. The second-order valence-electron chi connectivity index (χ2n) is 6.57. The summed E-state index contributed by atoms with van der Waals surface area (Å²) >= 11 is 0. The summed E-state index contributed by atoms with van der Waals surface area (Å²) in [5, 5.41) is -1.22. The molecule has 1 N–H and O–H groups in total. The second kappa shape index (κ2) is 4.57. The standard InChI is InChI=1S/C15H22NO2P/c1-14(2)10-13(11-15(3,4)19(14,17)18)16-12-8-6-5-7-9-12/h5-9H,10-11H2,1-4H3,(H,17,18). The van der Waals surface area contributed by atoms with Gasteiger partial charge in [-0.15, -0.1) is 0 Å². The first kappa shape index (κ1) is 14.5. The predicted octanol–water partition coefficient (Wildman–Crippen LogP) is 4.38. The van der Waals surface area contributed by atoms with Crippen molar-refractivity contribution in [2.45, 2.75) is 50.8 Å². The minimum Gasteiger partial charge on any atom is -0.344 e. The topological polar surface area (TPSA) is 49.7 Å². The second-order valence-corrected chi connectivity index (χ2v) is 10.1. The van der Waals surface area contributed by atoms with Crippen LogP contribution in [0.4, 0.5) is 5.69 Å². The van der Waals surface area contributed by atoms with Crippen LogP contribution in [0.3, 0.4) is 0 Å². The zero-order valence-corrected chi connectivity index (χ0v) is 12.9. The quantitative estimate of drug-likeness (QED) is 0.775. The molecule has 1 aromatic rings. The van der Waals surface area contributed by atoms with Crippen molar-refractivity contribution in [1.82, 2.24) is 0 Å². The number of rotatable bonds is 1. The Kier molecular flexibility index (Phi) is 3.49. The molecular formula is C15H22NO2P. The van der Waals surface area contributed by atoms with Gasteiger partial charge in [-0.05, 0) is 25.0 Å². The monoisotopic (exact) mass is 279 g/mol. The molecule has 1 fully saturated rings. The highest BCUT2D eigenvalue weighted by Gasteiger charge is 2.54. The van der Waals surface area contributed by atoms with E-state index in [1.807, 2.05) is 58.0 Å². The van der Waals surface area contributed by atoms with Gasteiger partial charge in [0.25, 0.3) is 0 Å². The molecule has 1 heterocycles. The lowest BCUT2D eigenvalue weighted by Crippen LogP contribution is -2.42. The van der Waals surface area contributed by atoms with Crippen molar-refractivity contribution in [1.29, 1.82) is 0 Å². The molecule has 0 saturated carbocycles. The Labute approximate surface area is 115 Å². The zero-order valence-electron chi connectivity index (χ0n) is 12.1. The molecule has 2 rings (SSSR count). The minimum atomic E-state index is -3.22. The Morgan fingerprint density at radius 2 is 1.53 bits per heavy atom. The lowest BCUT2D eigenvalue weighted by atomic mass is 9.95. The van der Waals surface area contributed by atoms with E-state index < -0.39 is 17.7 Å². The summed E-state index contributed by atoms with van der Waals surface area (Å²) in [5.74, 6) is 0. The third-order valence-electron chi connectivity index (χ3n) is 3.96. The van der Waals surface area contributed by atoms with Crippen molar-refractivity contribution in [3.8, 4) is 0 Å². The number of hydrogen-bond donors (Lipinski definition) is 1. The summed E-state index contributed by atoms with van der Waals surface area (Å²) in [6.45, 7) is 7.48. The van der Waals surface area contributed by atoms with Crippen LogP contribution in [-0.2, 0) is 4.57 Å². The number of benzene rings is 1. The smallest absolute Gasteiger partial charge is 0.212 e. The number of para-hydroxylation sites is 1. The number of aliphatic imine (C=N–C) groups is 1. The van der Waals surface area contributed by atoms with Gasteiger partial charge in [0, 0.05) is 16.0 Å². The fourth-order valence-corrected chi connectivity index (χ4v) is 5.29. The first-order valence-corrected chi connectivity index (χ1v) is 8.26. The summed E-state index contributed by atoms with van der Waals surface area (Å²) in [5.41, 5.74) is 1.93. The third-order valence-corrected chi connectivity index (χ3v) is 7.56. The molecule has 3 nitrogen and oxygen atoms in total. The molecule has 0 spiro atoms. The molecule has 104 valence electrons. The van der Waals surface area contributed by atoms with Gasteiger partial charge in [0.2, 0.25) is 7.37 Å². The van der Waals surface area contributed by atoms with Crippen LogP contribution in [0.25, 0.3) is 0 Å². The van der Waals surface area contributed by atoms with Crippen molar-refractivity contribution in [3.63, 3.8) is 0 Å². The maximum Gasteiger partial charge on any atom is 0.212 e. The SMILES string of the molecule is CC1(C)CC(=Nc2ccccc2)CC(C)(C)P1(=O)O. The molecule has 0 radical (unpaired) electrons. The highest BCUT2D eigenvalue weighted by atomic mass is 31.2. The highest BCUT2D eigenvalue weighted by Crippen LogP contribution is 2.69. The van der Waals surface area contributed by atoms with Crippen molar-refractivity contribution >= 4 is 18.8 Å². The van der Waals surface area contributed by atoms with Crippen LogP contribution < -0.4 is 0 Å². The van der Waals surface area contributed by atoms with Gasteiger partial charge < -0.3 is 4.89 Å². The van der Waals surface area contributed by atoms with E-state index in [9.17, 15) is 9.46 Å². The Morgan fingerprint density at radius 1 is 1.05 bits per heavy atom. The summed E-state index contributed by atoms with van der Waals surface area (Å²) in [4.78, 5) is 15.1. The van der Waals surface area contributed by atoms with E-state index in [-0.39, 0.29) is 0 Å². The third kappa shape index (κ3) is 2.54. The largest absolute Gasteiger partial charge is 0.344 e. The van der Waals surface area contributed by atoms with Crippen LogP contribution in [0.15, 0.2) is 35.3 Å². The van der Waals surface area contributed by atoms with E-state index in [2.05, 4.69) is 4.99 Å². The van der Waals surface area contributed by atoms with E-state index in [4.69, 9.17) is 0 Å². The van der Waals surface area contributed by atoms with Crippen LogP contribution in [0.2, 0.25) is 0 Å². The molecule has 0 amide bonds. The predicted molar refractivity (Wildman–Crippen MR) is 80.8 cm³/mol. The highest BCUT2D eigenvalue weighted by molar-refractivity contribution is 7.61. The van der Waals surface area contributed by atoms with E-state index in [1.54, 1.807) is 0 Å². The Hall–Kier alpha value is -0.920. The maximum atomic E-state index is 12.6. The Bertz CT molecular complexity index is 523. The van der Waals surface area contributed by atoms with Gasteiger partial charge in [0.1, 0.15) is 0 Å². The lowest BCUT2D eigenvalue weighted by Gasteiger charge is -2.45. The van der Waals surface area contributed by atoms with Crippen molar-refractivity contribution in [2.75, 3.05) is 0 Å². The van der Waals surface area contributed by atoms with Crippen LogP contribution in [0.5, 0.6) is 0 Å². The average Bonchev–Trinajstić information content (AvgIpc) is 2.27. The number of nitrogens with zero attached hydrogens (tertiary/aromatic N) is 1. The zero-order chi connectivity index (χ0) is 14.3. The van der Waals surface area contributed by atoms with Gasteiger partial charge in [-0.3, -0.25) is 9.56 Å². The maximum absolute atomic E-state index is 12.6. The van der Waals surface area contributed by atoms with Crippen molar-refractivity contribution < 1.29 is 9.46 Å². The molecule has 19 heavy (non-hydrogen) atoms. The van der Waals surface area contributed by atoms with E-state index in [0.29, 0.717) is 12.8 Å². The molecule has 0 bridgehead atoms.